The molecule has 0 heterocycles. The van der Waals surface area contributed by atoms with Crippen LogP contribution in [0.1, 0.15) is 75.0 Å². The van der Waals surface area contributed by atoms with E-state index in [0.717, 1.165) is 22.3 Å². The van der Waals surface area contributed by atoms with E-state index < -0.39 is 0 Å². The summed E-state index contributed by atoms with van der Waals surface area (Å²) in [5, 5.41) is 4.31. The number of carbonyl (C=O) groups excluding carboxylic acids is 1. The predicted octanol–water partition coefficient (Wildman–Crippen LogP) is 10.3. The summed E-state index contributed by atoms with van der Waals surface area (Å²) in [6.07, 6.45) is 3.79. The lowest BCUT2D eigenvalue weighted by Gasteiger charge is -2.25. The first-order chi connectivity index (χ1) is 19.7. The third-order valence-corrected chi connectivity index (χ3v) is 6.16. The molecule has 41 heavy (non-hydrogen) atoms. The first-order valence-electron chi connectivity index (χ1n) is 14.0. The third-order valence-electron chi connectivity index (χ3n) is 5.73. The Labute approximate surface area is 254 Å². The number of hydrogen-bond acceptors (Lipinski definition) is 2. The third kappa shape index (κ3) is 13.5. The van der Waals surface area contributed by atoms with Gasteiger partial charge in [0, 0.05) is 41.8 Å². The highest BCUT2D eigenvalue weighted by Gasteiger charge is 2.18. The first-order valence-corrected chi connectivity index (χ1v) is 14.8. The Hall–Kier alpha value is -2.99. The molecule has 3 aromatic rings. The number of amides is 1. The van der Waals surface area contributed by atoms with Crippen LogP contribution < -0.4 is 5.32 Å². The standard InChI is InChI=1S/C30H30Cl2F2N2O.2C2H6/c1-3-22(8-7-21(2)33)19-36(20-25-14-27(31)16-28(32)15-25)30(37)26-6-4-5-24(13-26)18-35-17-23-9-11-29(34)12-10-23;2*1-2/h4-16,35H,3,17-20H2,1-2H3;2*1-2H3/b21-7+,22-8+;;. The van der Waals surface area contributed by atoms with E-state index in [0.29, 0.717) is 48.2 Å². The molecule has 0 saturated heterocycles. The highest BCUT2D eigenvalue weighted by molar-refractivity contribution is 6.34. The van der Waals surface area contributed by atoms with Crippen molar-refractivity contribution in [2.75, 3.05) is 6.54 Å². The van der Waals surface area contributed by atoms with Crippen LogP contribution in [0, 0.1) is 5.82 Å². The molecular weight excluding hydrogens is 561 g/mol. The molecule has 0 radical (unpaired) electrons. The van der Waals surface area contributed by atoms with Gasteiger partial charge in [0.15, 0.2) is 0 Å². The van der Waals surface area contributed by atoms with Crippen LogP contribution in [0.25, 0.3) is 0 Å². The van der Waals surface area contributed by atoms with Gasteiger partial charge in [-0.2, -0.15) is 0 Å². The Balaban J connectivity index is 0.00000201. The molecule has 7 heteroatoms. The lowest BCUT2D eigenvalue weighted by atomic mass is 10.1. The van der Waals surface area contributed by atoms with Crippen LogP contribution in [0.4, 0.5) is 8.78 Å². The summed E-state index contributed by atoms with van der Waals surface area (Å²) in [4.78, 5) is 15.4. The monoisotopic (exact) mass is 602 g/mol. The molecule has 0 aliphatic heterocycles. The number of benzene rings is 3. The average molecular weight is 604 g/mol. The maximum Gasteiger partial charge on any atom is 0.254 e. The molecule has 0 unspecified atom stereocenters. The minimum Gasteiger partial charge on any atom is -0.330 e. The minimum atomic E-state index is -0.300. The summed E-state index contributed by atoms with van der Waals surface area (Å²) in [6.45, 7) is 13.1. The van der Waals surface area contributed by atoms with Crippen LogP contribution >= 0.6 is 23.2 Å². The Morgan fingerprint density at radius 2 is 1.46 bits per heavy atom. The number of nitrogens with zero attached hydrogens (tertiary/aromatic N) is 1. The van der Waals surface area contributed by atoms with Crippen LogP contribution in [0.15, 0.2) is 90.3 Å². The molecule has 1 N–H and O–H groups in total. The summed E-state index contributed by atoms with van der Waals surface area (Å²) in [7, 11) is 0. The van der Waals surface area contributed by atoms with E-state index in [1.807, 2.05) is 52.8 Å². The van der Waals surface area contributed by atoms with Gasteiger partial charge in [-0.3, -0.25) is 4.79 Å². The van der Waals surface area contributed by atoms with Gasteiger partial charge < -0.3 is 10.2 Å². The molecule has 0 bridgehead atoms. The van der Waals surface area contributed by atoms with Crippen LogP contribution in [0.5, 0.6) is 0 Å². The van der Waals surface area contributed by atoms with E-state index in [1.54, 1.807) is 47.4 Å². The van der Waals surface area contributed by atoms with Gasteiger partial charge in [-0.05, 0) is 78.6 Å². The molecule has 222 valence electrons. The molecule has 0 aliphatic carbocycles. The number of carbonyl (C=O) groups is 1. The molecule has 0 spiro atoms. The number of rotatable bonds is 11. The van der Waals surface area contributed by atoms with Gasteiger partial charge >= 0.3 is 0 Å². The molecule has 0 fully saturated rings. The first kappa shape index (κ1) is 36.0. The lowest BCUT2D eigenvalue weighted by molar-refractivity contribution is 0.0757. The zero-order chi connectivity index (χ0) is 30.8. The van der Waals surface area contributed by atoms with E-state index in [2.05, 4.69) is 5.32 Å². The van der Waals surface area contributed by atoms with Crippen LogP contribution in [-0.2, 0) is 19.6 Å². The fourth-order valence-electron chi connectivity index (χ4n) is 3.83. The molecular formula is C34H42Cl2F2N2O. The zero-order valence-electron chi connectivity index (χ0n) is 24.9. The molecule has 1 amide bonds. The molecule has 3 nitrogen and oxygen atoms in total. The second kappa shape index (κ2) is 20.0. The van der Waals surface area contributed by atoms with Gasteiger partial charge in [0.25, 0.3) is 5.91 Å². The van der Waals surface area contributed by atoms with Crippen molar-refractivity contribution in [2.24, 2.45) is 0 Å². The van der Waals surface area contributed by atoms with Crippen LogP contribution in [-0.4, -0.2) is 17.4 Å². The smallest absolute Gasteiger partial charge is 0.254 e. The number of hydrogen-bond donors (Lipinski definition) is 1. The van der Waals surface area contributed by atoms with Crippen molar-refractivity contribution in [1.82, 2.24) is 10.2 Å². The summed E-state index contributed by atoms with van der Waals surface area (Å²) in [6, 6.07) is 19.0. The summed E-state index contributed by atoms with van der Waals surface area (Å²) in [5.74, 6) is -0.723. The normalized spacial score (nSPS) is 11.2. The zero-order valence-corrected chi connectivity index (χ0v) is 26.4. The molecule has 0 atom stereocenters. The van der Waals surface area contributed by atoms with Gasteiger partial charge in [-0.15, -0.1) is 0 Å². The molecule has 3 aromatic carbocycles. The number of halogens is 4. The van der Waals surface area contributed by atoms with E-state index in [1.165, 1.54) is 25.1 Å². The average Bonchev–Trinajstić information content (AvgIpc) is 2.97. The fourth-order valence-corrected chi connectivity index (χ4v) is 4.40. The SMILES string of the molecule is CC.CC.CC/C(=C\C=C(/C)F)CN(Cc1cc(Cl)cc(Cl)c1)C(=O)c1cccc(CNCc2ccc(F)cc2)c1. The van der Waals surface area contributed by atoms with Crippen molar-refractivity contribution in [3.63, 3.8) is 0 Å². The maximum absolute atomic E-state index is 13.7. The van der Waals surface area contributed by atoms with Gasteiger partial charge in [0.05, 0.1) is 5.83 Å². The Morgan fingerprint density at radius 1 is 0.854 bits per heavy atom. The van der Waals surface area contributed by atoms with Crippen LogP contribution in [0.3, 0.4) is 0 Å². The summed E-state index contributed by atoms with van der Waals surface area (Å²) < 4.78 is 26.5. The highest BCUT2D eigenvalue weighted by Crippen LogP contribution is 2.22. The largest absolute Gasteiger partial charge is 0.330 e. The lowest BCUT2D eigenvalue weighted by Crippen LogP contribution is -2.32. The molecule has 0 saturated carbocycles. The van der Waals surface area contributed by atoms with Gasteiger partial charge in [0.2, 0.25) is 0 Å². The number of nitrogens with one attached hydrogen (secondary N) is 1. The van der Waals surface area contributed by atoms with Gasteiger partial charge in [0.1, 0.15) is 5.82 Å². The van der Waals surface area contributed by atoms with E-state index in [-0.39, 0.29) is 17.6 Å². The minimum absolute atomic E-state index is 0.156. The van der Waals surface area contributed by atoms with Crippen molar-refractivity contribution >= 4 is 29.1 Å². The molecule has 0 aromatic heterocycles. The second-order valence-electron chi connectivity index (χ2n) is 8.80. The van der Waals surface area contributed by atoms with Crippen molar-refractivity contribution in [1.29, 1.82) is 0 Å². The van der Waals surface area contributed by atoms with Crippen molar-refractivity contribution in [3.05, 3.63) is 128 Å². The second-order valence-corrected chi connectivity index (χ2v) is 9.67. The van der Waals surface area contributed by atoms with Crippen molar-refractivity contribution < 1.29 is 13.6 Å². The highest BCUT2D eigenvalue weighted by atomic mass is 35.5. The maximum atomic E-state index is 13.7. The molecule has 0 aliphatic rings. The quantitative estimate of drug-likeness (QED) is 0.221. The topological polar surface area (TPSA) is 32.3 Å². The summed E-state index contributed by atoms with van der Waals surface area (Å²) in [5.41, 5.74) is 4.17. The Morgan fingerprint density at radius 3 is 2.05 bits per heavy atom. The van der Waals surface area contributed by atoms with Crippen molar-refractivity contribution in [2.45, 2.75) is 67.6 Å². The van der Waals surface area contributed by atoms with E-state index in [9.17, 15) is 13.6 Å². The van der Waals surface area contributed by atoms with E-state index >= 15 is 0 Å². The number of allylic oxidation sites excluding steroid dienone is 3. The Bertz CT molecular complexity index is 1250. The molecule has 3 rings (SSSR count). The van der Waals surface area contributed by atoms with Gasteiger partial charge in [-0.25, -0.2) is 8.78 Å². The van der Waals surface area contributed by atoms with E-state index in [4.69, 9.17) is 23.2 Å². The fraction of sp³-hybridized carbons (Fsp3) is 0.324. The van der Waals surface area contributed by atoms with Crippen molar-refractivity contribution in [3.8, 4) is 0 Å². The van der Waals surface area contributed by atoms with Crippen LogP contribution in [0.2, 0.25) is 10.0 Å². The van der Waals surface area contributed by atoms with Gasteiger partial charge in [-0.1, -0.05) is 93.7 Å². The Kier molecular flexibility index (Phi) is 17.6. The predicted molar refractivity (Wildman–Crippen MR) is 171 cm³/mol. The summed E-state index contributed by atoms with van der Waals surface area (Å²) >= 11 is 12.4.